The van der Waals surface area contributed by atoms with Gasteiger partial charge in [0, 0.05) is 3.57 Å². The summed E-state index contributed by atoms with van der Waals surface area (Å²) in [6.07, 6.45) is 5.46. The van der Waals surface area contributed by atoms with Crippen LogP contribution in [0.5, 0.6) is 5.75 Å². The molecule has 2 rings (SSSR count). The molecule has 1 aliphatic rings. The predicted molar refractivity (Wildman–Crippen MR) is 102 cm³/mol. The van der Waals surface area contributed by atoms with E-state index in [0.29, 0.717) is 30.4 Å². The zero-order valence-electron chi connectivity index (χ0n) is 14.3. The first-order valence-electron chi connectivity index (χ1n) is 8.37. The Kier molecular flexibility index (Phi) is 6.95. The molecule has 1 aromatic rings. The van der Waals surface area contributed by atoms with Crippen LogP contribution in [0.2, 0.25) is 0 Å². The van der Waals surface area contributed by atoms with Crippen LogP contribution in [0.25, 0.3) is 0 Å². The summed E-state index contributed by atoms with van der Waals surface area (Å²) in [6.45, 7) is 8.47. The third-order valence-corrected chi connectivity index (χ3v) is 5.21. The van der Waals surface area contributed by atoms with E-state index in [1.165, 1.54) is 6.26 Å². The maximum atomic E-state index is 12.8. The van der Waals surface area contributed by atoms with Crippen LogP contribution in [-0.4, -0.2) is 24.8 Å². The Morgan fingerprint density at radius 2 is 2.04 bits per heavy atom. The Morgan fingerprint density at radius 3 is 2.67 bits per heavy atom. The van der Waals surface area contributed by atoms with Crippen molar-refractivity contribution in [3.63, 3.8) is 0 Å². The van der Waals surface area contributed by atoms with Crippen LogP contribution in [0.1, 0.15) is 49.9 Å². The molecule has 0 bridgehead atoms. The molecule has 1 saturated carbocycles. The largest absolute Gasteiger partial charge is 0.498 e. The molecule has 1 fully saturated rings. The lowest BCUT2D eigenvalue weighted by molar-refractivity contribution is -0.0400. The molecule has 0 radical (unpaired) electrons. The highest BCUT2D eigenvalue weighted by molar-refractivity contribution is 14.1. The van der Waals surface area contributed by atoms with Gasteiger partial charge in [-0.25, -0.2) is 4.79 Å². The third-order valence-electron chi connectivity index (χ3n) is 4.54. The molecular formula is C19H25IO4. The highest BCUT2D eigenvalue weighted by Gasteiger charge is 2.41. The molecule has 1 aliphatic carbocycles. The maximum Gasteiger partial charge on any atom is 0.342 e. The Morgan fingerprint density at radius 1 is 1.33 bits per heavy atom. The monoisotopic (exact) mass is 444 g/mol. The van der Waals surface area contributed by atoms with Gasteiger partial charge in [0.2, 0.25) is 0 Å². The highest BCUT2D eigenvalue weighted by atomic mass is 127. The fourth-order valence-electron chi connectivity index (χ4n) is 3.08. The van der Waals surface area contributed by atoms with Crippen molar-refractivity contribution in [2.45, 2.75) is 45.1 Å². The number of esters is 1. The van der Waals surface area contributed by atoms with Gasteiger partial charge in [0.1, 0.15) is 30.1 Å². The van der Waals surface area contributed by atoms with Crippen LogP contribution in [-0.2, 0) is 9.47 Å². The van der Waals surface area contributed by atoms with Gasteiger partial charge < -0.3 is 14.2 Å². The summed E-state index contributed by atoms with van der Waals surface area (Å²) in [4.78, 5) is 12.8. The van der Waals surface area contributed by atoms with Gasteiger partial charge in [-0.05, 0) is 72.4 Å². The van der Waals surface area contributed by atoms with E-state index < -0.39 is 0 Å². The van der Waals surface area contributed by atoms with E-state index >= 15 is 0 Å². The quantitative estimate of drug-likeness (QED) is 0.246. The molecule has 1 aromatic carbocycles. The summed E-state index contributed by atoms with van der Waals surface area (Å²) >= 11 is 2.19. The van der Waals surface area contributed by atoms with E-state index in [1.54, 1.807) is 0 Å². The summed E-state index contributed by atoms with van der Waals surface area (Å²) in [5.41, 5.74) is 0.133. The van der Waals surface area contributed by atoms with Crippen molar-refractivity contribution in [1.29, 1.82) is 0 Å². The fourth-order valence-corrected chi connectivity index (χ4v) is 3.57. The molecule has 0 amide bonds. The molecule has 5 heteroatoms. The van der Waals surface area contributed by atoms with Crippen molar-refractivity contribution in [1.82, 2.24) is 0 Å². The number of halogens is 1. The SMILES string of the molecule is C=COCCOc1ccc(I)cc1C(=O)OC1(C(C)C)CCCC1. The van der Waals surface area contributed by atoms with Crippen LogP contribution in [0.15, 0.2) is 31.0 Å². The number of carbonyl (C=O) groups is 1. The second-order valence-electron chi connectivity index (χ2n) is 6.34. The van der Waals surface area contributed by atoms with Gasteiger partial charge in [0.25, 0.3) is 0 Å². The maximum absolute atomic E-state index is 12.8. The summed E-state index contributed by atoms with van der Waals surface area (Å²) < 4.78 is 17.7. The number of hydrogen-bond acceptors (Lipinski definition) is 4. The second kappa shape index (κ2) is 8.74. The second-order valence-corrected chi connectivity index (χ2v) is 7.59. The van der Waals surface area contributed by atoms with E-state index in [-0.39, 0.29) is 11.6 Å². The lowest BCUT2D eigenvalue weighted by Gasteiger charge is -2.33. The van der Waals surface area contributed by atoms with E-state index in [0.717, 1.165) is 29.3 Å². The van der Waals surface area contributed by atoms with Gasteiger partial charge in [-0.2, -0.15) is 0 Å². The van der Waals surface area contributed by atoms with E-state index in [4.69, 9.17) is 14.2 Å². The minimum atomic E-state index is -0.346. The summed E-state index contributed by atoms with van der Waals surface area (Å²) in [7, 11) is 0. The molecule has 24 heavy (non-hydrogen) atoms. The number of benzene rings is 1. The third kappa shape index (κ3) is 4.65. The molecule has 0 heterocycles. The van der Waals surface area contributed by atoms with E-state index in [1.807, 2.05) is 18.2 Å². The van der Waals surface area contributed by atoms with Gasteiger partial charge >= 0.3 is 5.97 Å². The minimum absolute atomic E-state index is 0.302. The first-order chi connectivity index (χ1) is 11.5. The number of ether oxygens (including phenoxy) is 3. The summed E-state index contributed by atoms with van der Waals surface area (Å²) in [6, 6.07) is 5.54. The molecule has 132 valence electrons. The van der Waals surface area contributed by atoms with Gasteiger partial charge in [-0.1, -0.05) is 20.4 Å². The van der Waals surface area contributed by atoms with Crippen LogP contribution in [0, 0.1) is 9.49 Å². The predicted octanol–water partition coefficient (Wildman–Crippen LogP) is 4.96. The smallest absolute Gasteiger partial charge is 0.342 e. The molecular weight excluding hydrogens is 419 g/mol. The zero-order chi connectivity index (χ0) is 17.6. The fraction of sp³-hybridized carbons (Fsp3) is 0.526. The topological polar surface area (TPSA) is 44.8 Å². The molecule has 0 atom stereocenters. The number of rotatable bonds is 8. The van der Waals surface area contributed by atoms with Gasteiger partial charge in [0.15, 0.2) is 0 Å². The average Bonchev–Trinajstić information content (AvgIpc) is 3.02. The van der Waals surface area contributed by atoms with E-state index in [9.17, 15) is 4.79 Å². The molecule has 0 aliphatic heterocycles. The molecule has 0 N–H and O–H groups in total. The standard InChI is InChI=1S/C19H25IO4/c1-4-22-11-12-23-17-8-7-15(20)13-16(17)18(21)24-19(14(2)3)9-5-6-10-19/h4,7-8,13-14H,1,5-6,9-12H2,2-3H3. The van der Waals surface area contributed by atoms with Crippen molar-refractivity contribution in [2.75, 3.05) is 13.2 Å². The average molecular weight is 444 g/mol. The first kappa shape index (κ1) is 19.1. The van der Waals surface area contributed by atoms with Crippen molar-refractivity contribution in [2.24, 2.45) is 5.92 Å². The van der Waals surface area contributed by atoms with E-state index in [2.05, 4.69) is 43.0 Å². The minimum Gasteiger partial charge on any atom is -0.498 e. The number of hydrogen-bond donors (Lipinski definition) is 0. The lowest BCUT2D eigenvalue weighted by Crippen LogP contribution is -2.37. The van der Waals surface area contributed by atoms with Crippen LogP contribution >= 0.6 is 22.6 Å². The molecule has 0 aromatic heterocycles. The van der Waals surface area contributed by atoms with Crippen LogP contribution in [0.3, 0.4) is 0 Å². The van der Waals surface area contributed by atoms with Crippen molar-refractivity contribution in [3.05, 3.63) is 40.2 Å². The van der Waals surface area contributed by atoms with Crippen LogP contribution in [0.4, 0.5) is 0 Å². The Balaban J connectivity index is 2.15. The molecule has 0 saturated heterocycles. The summed E-state index contributed by atoms with van der Waals surface area (Å²) in [5, 5.41) is 0. The first-order valence-corrected chi connectivity index (χ1v) is 9.44. The molecule has 0 unspecified atom stereocenters. The summed E-state index contributed by atoms with van der Waals surface area (Å²) in [5.74, 6) is 0.533. The normalized spacial score (nSPS) is 16.0. The highest BCUT2D eigenvalue weighted by Crippen LogP contribution is 2.40. The lowest BCUT2D eigenvalue weighted by atomic mass is 9.88. The van der Waals surface area contributed by atoms with Gasteiger partial charge in [-0.3, -0.25) is 0 Å². The van der Waals surface area contributed by atoms with Crippen molar-refractivity contribution >= 4 is 28.6 Å². The van der Waals surface area contributed by atoms with Crippen LogP contribution < -0.4 is 4.74 Å². The molecule has 4 nitrogen and oxygen atoms in total. The Bertz CT molecular complexity index is 577. The van der Waals surface area contributed by atoms with Gasteiger partial charge in [0.05, 0.1) is 6.26 Å². The van der Waals surface area contributed by atoms with Crippen molar-refractivity contribution < 1.29 is 19.0 Å². The van der Waals surface area contributed by atoms with Gasteiger partial charge in [-0.15, -0.1) is 0 Å². The zero-order valence-corrected chi connectivity index (χ0v) is 16.5. The Hall–Kier alpha value is -1.24. The number of carbonyl (C=O) groups excluding carboxylic acids is 1. The Labute approximate surface area is 157 Å². The molecule has 0 spiro atoms. The van der Waals surface area contributed by atoms with Crippen molar-refractivity contribution in [3.8, 4) is 5.75 Å².